The molecule has 37 heavy (non-hydrogen) atoms. The SMILES string of the molecule is CCc1ccc(-c2ccc(CO[C@H]3CCC[C@@H]3NC(=O)c3cc(-c4cnn(C)c4)cnc3N)cc2)cc1. The lowest BCUT2D eigenvalue weighted by atomic mass is 10.0. The van der Waals surface area contributed by atoms with E-state index in [1.54, 1.807) is 23.1 Å². The molecule has 2 aromatic heterocycles. The van der Waals surface area contributed by atoms with E-state index in [-0.39, 0.29) is 23.9 Å². The molecule has 5 rings (SSSR count). The molecule has 2 heterocycles. The van der Waals surface area contributed by atoms with Crippen molar-refractivity contribution in [2.75, 3.05) is 5.73 Å². The number of pyridine rings is 1. The number of aromatic nitrogens is 3. The van der Waals surface area contributed by atoms with Crippen molar-refractivity contribution in [3.05, 3.63) is 89.9 Å². The highest BCUT2D eigenvalue weighted by molar-refractivity contribution is 5.99. The molecular formula is C30H33N5O2. The topological polar surface area (TPSA) is 95.1 Å². The van der Waals surface area contributed by atoms with E-state index >= 15 is 0 Å². The van der Waals surface area contributed by atoms with Crippen molar-refractivity contribution in [2.45, 2.75) is 51.4 Å². The van der Waals surface area contributed by atoms with Gasteiger partial charge >= 0.3 is 0 Å². The number of hydrogen-bond donors (Lipinski definition) is 2. The van der Waals surface area contributed by atoms with Gasteiger partial charge in [0.2, 0.25) is 0 Å². The molecule has 0 spiro atoms. The second-order valence-electron chi connectivity index (χ2n) is 9.67. The average molecular weight is 496 g/mol. The fourth-order valence-corrected chi connectivity index (χ4v) is 4.85. The summed E-state index contributed by atoms with van der Waals surface area (Å²) in [5, 5.41) is 7.34. The highest BCUT2D eigenvalue weighted by atomic mass is 16.5. The summed E-state index contributed by atoms with van der Waals surface area (Å²) in [5.41, 5.74) is 13.0. The highest BCUT2D eigenvalue weighted by Crippen LogP contribution is 2.26. The minimum absolute atomic E-state index is 0.0408. The second kappa shape index (κ2) is 11.0. The number of nitrogens with zero attached hydrogens (tertiary/aromatic N) is 3. The molecule has 0 unspecified atom stereocenters. The van der Waals surface area contributed by atoms with E-state index in [0.717, 1.165) is 42.4 Å². The number of anilines is 1. The minimum atomic E-state index is -0.227. The molecular weight excluding hydrogens is 462 g/mol. The molecule has 1 aliphatic rings. The maximum absolute atomic E-state index is 13.1. The van der Waals surface area contributed by atoms with Crippen LogP contribution in [0.15, 0.2) is 73.2 Å². The quantitative estimate of drug-likeness (QED) is 0.352. The van der Waals surface area contributed by atoms with Crippen LogP contribution in [0.3, 0.4) is 0 Å². The predicted octanol–water partition coefficient (Wildman–Crippen LogP) is 5.16. The molecule has 2 aromatic carbocycles. The van der Waals surface area contributed by atoms with Crippen LogP contribution in [0, 0.1) is 0 Å². The van der Waals surface area contributed by atoms with Gasteiger partial charge in [-0.05, 0) is 54.0 Å². The third kappa shape index (κ3) is 5.73. The standard InChI is InChI=1S/C30H33N5O2/c1-3-20-7-11-22(12-8-20)23-13-9-21(10-14-23)19-37-28-6-4-5-27(28)34-30(36)26-15-24(16-32-29(26)31)25-17-33-35(2)18-25/h7-18,27-28H,3-6,19H2,1-2H3,(H2,31,32)(H,34,36)/t27-,28-/m0/s1. The van der Waals surface area contributed by atoms with Gasteiger partial charge in [0.1, 0.15) is 5.82 Å². The van der Waals surface area contributed by atoms with Gasteiger partial charge < -0.3 is 15.8 Å². The normalized spacial score (nSPS) is 17.1. The zero-order chi connectivity index (χ0) is 25.8. The Kier molecular flexibility index (Phi) is 7.32. The number of nitrogen functional groups attached to an aromatic ring is 1. The average Bonchev–Trinajstić information content (AvgIpc) is 3.56. The number of hydrogen-bond acceptors (Lipinski definition) is 5. The number of carbonyl (C=O) groups excluding carboxylic acids is 1. The fraction of sp³-hybridized carbons (Fsp3) is 0.300. The van der Waals surface area contributed by atoms with E-state index in [9.17, 15) is 4.79 Å². The first-order valence-electron chi connectivity index (χ1n) is 12.9. The molecule has 0 saturated heterocycles. The Morgan fingerprint density at radius 2 is 1.70 bits per heavy atom. The minimum Gasteiger partial charge on any atom is -0.383 e. The largest absolute Gasteiger partial charge is 0.383 e. The van der Waals surface area contributed by atoms with Gasteiger partial charge in [-0.1, -0.05) is 55.5 Å². The summed E-state index contributed by atoms with van der Waals surface area (Å²) in [5.74, 6) is -0.0142. The number of nitrogens with two attached hydrogens (primary N) is 1. The molecule has 0 radical (unpaired) electrons. The van der Waals surface area contributed by atoms with Crippen molar-refractivity contribution in [3.8, 4) is 22.3 Å². The van der Waals surface area contributed by atoms with Gasteiger partial charge in [-0.25, -0.2) is 4.98 Å². The first kappa shape index (κ1) is 24.7. The van der Waals surface area contributed by atoms with E-state index < -0.39 is 0 Å². The Bertz CT molecular complexity index is 1360. The van der Waals surface area contributed by atoms with Gasteiger partial charge in [-0.2, -0.15) is 5.10 Å². The van der Waals surface area contributed by atoms with Crippen LogP contribution in [0.25, 0.3) is 22.3 Å². The maximum Gasteiger partial charge on any atom is 0.255 e. The van der Waals surface area contributed by atoms with Crippen LogP contribution < -0.4 is 11.1 Å². The van der Waals surface area contributed by atoms with Gasteiger partial charge in [0.15, 0.2) is 0 Å². The summed E-state index contributed by atoms with van der Waals surface area (Å²) in [4.78, 5) is 17.4. The Morgan fingerprint density at radius 3 is 2.35 bits per heavy atom. The molecule has 1 aliphatic carbocycles. The number of carbonyl (C=O) groups is 1. The first-order valence-corrected chi connectivity index (χ1v) is 12.9. The van der Waals surface area contributed by atoms with Crippen molar-refractivity contribution in [1.29, 1.82) is 0 Å². The van der Waals surface area contributed by atoms with Crippen LogP contribution in [0.2, 0.25) is 0 Å². The van der Waals surface area contributed by atoms with Crippen molar-refractivity contribution in [3.63, 3.8) is 0 Å². The number of aryl methyl sites for hydroxylation is 2. The lowest BCUT2D eigenvalue weighted by Crippen LogP contribution is -2.41. The Balaban J connectivity index is 1.20. The van der Waals surface area contributed by atoms with E-state index in [1.807, 2.05) is 13.2 Å². The zero-order valence-corrected chi connectivity index (χ0v) is 21.4. The smallest absolute Gasteiger partial charge is 0.255 e. The lowest BCUT2D eigenvalue weighted by Gasteiger charge is -2.22. The monoisotopic (exact) mass is 495 g/mol. The molecule has 7 nitrogen and oxygen atoms in total. The molecule has 0 bridgehead atoms. The van der Waals surface area contributed by atoms with Crippen molar-refractivity contribution in [1.82, 2.24) is 20.1 Å². The third-order valence-electron chi connectivity index (χ3n) is 7.08. The van der Waals surface area contributed by atoms with Crippen LogP contribution in [-0.4, -0.2) is 32.8 Å². The summed E-state index contributed by atoms with van der Waals surface area (Å²) in [6.45, 7) is 2.67. The van der Waals surface area contributed by atoms with Gasteiger partial charge in [0.25, 0.3) is 5.91 Å². The van der Waals surface area contributed by atoms with E-state index in [1.165, 1.54) is 16.7 Å². The molecule has 190 valence electrons. The number of rotatable bonds is 8. The van der Waals surface area contributed by atoms with Gasteiger partial charge in [-0.3, -0.25) is 9.48 Å². The van der Waals surface area contributed by atoms with E-state index in [2.05, 4.69) is 70.9 Å². The molecule has 3 N–H and O–H groups in total. The predicted molar refractivity (Wildman–Crippen MR) is 146 cm³/mol. The van der Waals surface area contributed by atoms with Gasteiger partial charge in [0, 0.05) is 30.6 Å². The molecule has 0 aliphatic heterocycles. The van der Waals surface area contributed by atoms with Crippen molar-refractivity contribution >= 4 is 11.7 Å². The summed E-state index contributed by atoms with van der Waals surface area (Å²) >= 11 is 0. The maximum atomic E-state index is 13.1. The molecule has 4 aromatic rings. The van der Waals surface area contributed by atoms with Crippen LogP contribution in [0.1, 0.15) is 47.7 Å². The van der Waals surface area contributed by atoms with E-state index in [0.29, 0.717) is 12.2 Å². The van der Waals surface area contributed by atoms with Gasteiger partial charge in [0.05, 0.1) is 30.5 Å². The lowest BCUT2D eigenvalue weighted by molar-refractivity contribution is 0.0272. The molecule has 2 atom stereocenters. The molecule has 1 fully saturated rings. The van der Waals surface area contributed by atoms with Gasteiger partial charge in [-0.15, -0.1) is 0 Å². The number of nitrogens with one attached hydrogen (secondary N) is 1. The zero-order valence-electron chi connectivity index (χ0n) is 21.4. The van der Waals surface area contributed by atoms with Crippen LogP contribution >= 0.6 is 0 Å². The third-order valence-corrected chi connectivity index (χ3v) is 7.08. The molecule has 1 amide bonds. The number of benzene rings is 2. The second-order valence-corrected chi connectivity index (χ2v) is 9.67. The van der Waals surface area contributed by atoms with Crippen LogP contribution in [-0.2, 0) is 24.8 Å². The fourth-order valence-electron chi connectivity index (χ4n) is 4.85. The Hall–Kier alpha value is -3.97. The van der Waals surface area contributed by atoms with Crippen LogP contribution in [0.4, 0.5) is 5.82 Å². The van der Waals surface area contributed by atoms with E-state index in [4.69, 9.17) is 10.5 Å². The van der Waals surface area contributed by atoms with Crippen molar-refractivity contribution < 1.29 is 9.53 Å². The summed E-state index contributed by atoms with van der Waals surface area (Å²) in [7, 11) is 1.85. The summed E-state index contributed by atoms with van der Waals surface area (Å²) in [6, 6.07) is 18.9. The first-order chi connectivity index (χ1) is 18.0. The van der Waals surface area contributed by atoms with Crippen molar-refractivity contribution in [2.24, 2.45) is 7.05 Å². The van der Waals surface area contributed by atoms with Crippen LogP contribution in [0.5, 0.6) is 0 Å². The summed E-state index contributed by atoms with van der Waals surface area (Å²) in [6.07, 6.45) is 9.08. The summed E-state index contributed by atoms with van der Waals surface area (Å²) < 4.78 is 7.98. The Morgan fingerprint density at radius 1 is 1.00 bits per heavy atom. The molecule has 7 heteroatoms. The molecule has 1 saturated carbocycles. The highest BCUT2D eigenvalue weighted by Gasteiger charge is 2.30. The Labute approximate surface area is 217 Å². The number of amides is 1. The number of ether oxygens (including phenoxy) is 1.